The molecule has 0 saturated carbocycles. The van der Waals surface area contributed by atoms with Crippen molar-refractivity contribution in [2.75, 3.05) is 29.9 Å². The first-order valence-electron chi connectivity index (χ1n) is 9.83. The summed E-state index contributed by atoms with van der Waals surface area (Å²) in [7, 11) is 0. The van der Waals surface area contributed by atoms with Crippen molar-refractivity contribution in [1.29, 1.82) is 0 Å². The van der Waals surface area contributed by atoms with Crippen molar-refractivity contribution in [3.63, 3.8) is 0 Å². The lowest BCUT2D eigenvalue weighted by Gasteiger charge is -2.39. The maximum Gasteiger partial charge on any atom is 0.414 e. The molecule has 0 aliphatic carbocycles. The molecule has 31 heavy (non-hydrogen) atoms. The van der Waals surface area contributed by atoms with Crippen LogP contribution in [0.5, 0.6) is 0 Å². The second-order valence-corrected chi connectivity index (χ2v) is 8.52. The number of nitrogens with one attached hydrogen (secondary N) is 1. The monoisotopic (exact) mass is 446 g/mol. The van der Waals surface area contributed by atoms with Gasteiger partial charge < -0.3 is 25.2 Å². The van der Waals surface area contributed by atoms with Gasteiger partial charge in [0.25, 0.3) is 5.91 Å². The molecule has 3 heterocycles. The summed E-state index contributed by atoms with van der Waals surface area (Å²) in [5.41, 5.74) is 1.10. The van der Waals surface area contributed by atoms with Crippen LogP contribution >= 0.6 is 11.6 Å². The first-order chi connectivity index (χ1) is 14.6. The molecule has 2 amide bonds. The zero-order valence-corrected chi connectivity index (χ0v) is 17.9. The predicted octanol–water partition coefficient (Wildman–Crippen LogP) is 3.09. The fourth-order valence-corrected chi connectivity index (χ4v) is 3.96. The highest BCUT2D eigenvalue weighted by Crippen LogP contribution is 2.36. The van der Waals surface area contributed by atoms with E-state index in [-0.39, 0.29) is 18.2 Å². The first-order valence-corrected chi connectivity index (χ1v) is 10.2. The standard InChI is InChI=1S/C21H23ClN4O5/c1-21(2,30)16-11-25(7-8-31-16)12-3-6-17(23-9-12)24-15-5-4-14(22)13-10-26(20(28)29)19(27)18(13)15/h3-6,9,16,30H,7-8,10-11H2,1-2H3,(H,23,24)(H,28,29). The van der Waals surface area contributed by atoms with Gasteiger partial charge in [0.2, 0.25) is 0 Å². The quantitative estimate of drug-likeness (QED) is 0.656. The van der Waals surface area contributed by atoms with Gasteiger partial charge in [-0.1, -0.05) is 11.6 Å². The van der Waals surface area contributed by atoms with E-state index < -0.39 is 17.6 Å². The van der Waals surface area contributed by atoms with Crippen LogP contribution in [0.1, 0.15) is 29.8 Å². The van der Waals surface area contributed by atoms with Crippen LogP contribution in [0.15, 0.2) is 30.5 Å². The zero-order valence-electron chi connectivity index (χ0n) is 17.1. The number of amides is 2. The average molecular weight is 447 g/mol. The number of carbonyl (C=O) groups excluding carboxylic acids is 1. The number of benzene rings is 1. The Balaban J connectivity index is 1.53. The fourth-order valence-electron chi connectivity index (χ4n) is 3.74. The van der Waals surface area contributed by atoms with Crippen molar-refractivity contribution < 1.29 is 24.5 Å². The van der Waals surface area contributed by atoms with E-state index >= 15 is 0 Å². The zero-order chi connectivity index (χ0) is 22.3. The second-order valence-electron chi connectivity index (χ2n) is 8.11. The Morgan fingerprint density at radius 1 is 1.32 bits per heavy atom. The van der Waals surface area contributed by atoms with Gasteiger partial charge in [-0.15, -0.1) is 0 Å². The van der Waals surface area contributed by atoms with Crippen LogP contribution in [-0.4, -0.2) is 63.5 Å². The molecule has 1 unspecified atom stereocenters. The number of pyridine rings is 1. The minimum absolute atomic E-state index is 0.0797. The van der Waals surface area contributed by atoms with Gasteiger partial charge in [0, 0.05) is 23.7 Å². The third kappa shape index (κ3) is 4.16. The largest absolute Gasteiger partial charge is 0.465 e. The summed E-state index contributed by atoms with van der Waals surface area (Å²) >= 11 is 6.18. The summed E-state index contributed by atoms with van der Waals surface area (Å²) in [5, 5.41) is 22.9. The van der Waals surface area contributed by atoms with Crippen LogP contribution < -0.4 is 10.2 Å². The normalized spacial score (nSPS) is 18.8. The van der Waals surface area contributed by atoms with Gasteiger partial charge in [-0.25, -0.2) is 14.7 Å². The van der Waals surface area contributed by atoms with Crippen molar-refractivity contribution in [3.8, 4) is 0 Å². The number of hydrogen-bond acceptors (Lipinski definition) is 7. The number of carbonyl (C=O) groups is 2. The Hall–Kier alpha value is -2.88. The molecule has 1 fully saturated rings. The molecule has 10 heteroatoms. The van der Waals surface area contributed by atoms with Crippen LogP contribution in [0.4, 0.5) is 22.0 Å². The number of morpholine rings is 1. The number of anilines is 3. The Labute approximate surface area is 184 Å². The van der Waals surface area contributed by atoms with Crippen LogP contribution in [0.3, 0.4) is 0 Å². The minimum Gasteiger partial charge on any atom is -0.465 e. The maximum absolute atomic E-state index is 12.6. The number of nitrogens with zero attached hydrogens (tertiary/aromatic N) is 3. The van der Waals surface area contributed by atoms with Crippen LogP contribution in [0.2, 0.25) is 5.02 Å². The van der Waals surface area contributed by atoms with Gasteiger partial charge in [0.15, 0.2) is 0 Å². The van der Waals surface area contributed by atoms with Crippen LogP contribution in [-0.2, 0) is 11.3 Å². The number of fused-ring (bicyclic) bond motifs is 1. The minimum atomic E-state index is -1.32. The van der Waals surface area contributed by atoms with Crippen LogP contribution in [0, 0.1) is 0 Å². The van der Waals surface area contributed by atoms with Crippen molar-refractivity contribution in [2.24, 2.45) is 0 Å². The molecular weight excluding hydrogens is 424 g/mol. The summed E-state index contributed by atoms with van der Waals surface area (Å²) in [6.45, 7) is 5.11. The number of carboxylic acid groups (broad SMARTS) is 1. The molecule has 4 rings (SSSR count). The molecule has 0 bridgehead atoms. The third-order valence-corrected chi connectivity index (χ3v) is 5.85. The molecule has 3 N–H and O–H groups in total. The van der Waals surface area contributed by atoms with E-state index in [2.05, 4.69) is 15.2 Å². The number of aromatic nitrogens is 1. The Morgan fingerprint density at radius 2 is 2.10 bits per heavy atom. The van der Waals surface area contributed by atoms with Crippen molar-refractivity contribution in [3.05, 3.63) is 46.6 Å². The van der Waals surface area contributed by atoms with Gasteiger partial charge in [0.1, 0.15) is 11.9 Å². The van der Waals surface area contributed by atoms with E-state index in [1.807, 2.05) is 6.07 Å². The van der Waals surface area contributed by atoms with Gasteiger partial charge in [-0.3, -0.25) is 4.79 Å². The highest BCUT2D eigenvalue weighted by Gasteiger charge is 2.36. The van der Waals surface area contributed by atoms with E-state index in [1.165, 1.54) is 0 Å². The molecule has 2 aromatic rings. The molecule has 1 saturated heterocycles. The number of rotatable bonds is 4. The number of aliphatic hydroxyl groups is 1. The van der Waals surface area contributed by atoms with Crippen LogP contribution in [0.25, 0.3) is 0 Å². The summed E-state index contributed by atoms with van der Waals surface area (Å²) < 4.78 is 5.67. The van der Waals surface area contributed by atoms with Crippen molar-refractivity contribution in [2.45, 2.75) is 32.1 Å². The van der Waals surface area contributed by atoms with Crippen molar-refractivity contribution >= 4 is 40.8 Å². The second kappa shape index (κ2) is 7.99. The lowest BCUT2D eigenvalue weighted by Crippen LogP contribution is -2.52. The summed E-state index contributed by atoms with van der Waals surface area (Å²) in [6, 6.07) is 6.93. The molecule has 9 nitrogen and oxygen atoms in total. The highest BCUT2D eigenvalue weighted by molar-refractivity contribution is 6.32. The Bertz CT molecular complexity index is 1020. The number of hydrogen-bond donors (Lipinski definition) is 3. The Kier molecular flexibility index (Phi) is 5.50. The molecule has 164 valence electrons. The third-order valence-electron chi connectivity index (χ3n) is 5.49. The van der Waals surface area contributed by atoms with Gasteiger partial charge in [-0.2, -0.15) is 0 Å². The van der Waals surface area contributed by atoms with Gasteiger partial charge in [0.05, 0.1) is 41.9 Å². The smallest absolute Gasteiger partial charge is 0.414 e. The fraction of sp³-hybridized carbons (Fsp3) is 0.381. The van der Waals surface area contributed by atoms with E-state index in [0.717, 1.165) is 10.6 Å². The molecule has 2 aliphatic rings. The van der Waals surface area contributed by atoms with E-state index in [0.29, 0.717) is 41.8 Å². The topological polar surface area (TPSA) is 115 Å². The number of halogens is 1. The summed E-state index contributed by atoms with van der Waals surface area (Å²) in [6.07, 6.45) is 0.0795. The summed E-state index contributed by atoms with van der Waals surface area (Å²) in [4.78, 5) is 31.2. The van der Waals surface area contributed by atoms with E-state index in [4.69, 9.17) is 16.3 Å². The Morgan fingerprint density at radius 3 is 2.74 bits per heavy atom. The van der Waals surface area contributed by atoms with E-state index in [9.17, 15) is 19.8 Å². The van der Waals surface area contributed by atoms with Crippen molar-refractivity contribution in [1.82, 2.24) is 9.88 Å². The number of ether oxygens (including phenoxy) is 1. The lowest BCUT2D eigenvalue weighted by molar-refractivity contribution is -0.0928. The lowest BCUT2D eigenvalue weighted by atomic mass is 10.00. The van der Waals surface area contributed by atoms with Gasteiger partial charge in [-0.05, 0) is 38.1 Å². The highest BCUT2D eigenvalue weighted by atomic mass is 35.5. The van der Waals surface area contributed by atoms with Gasteiger partial charge >= 0.3 is 6.09 Å². The maximum atomic E-state index is 12.6. The molecule has 1 aromatic carbocycles. The predicted molar refractivity (Wildman–Crippen MR) is 115 cm³/mol. The SMILES string of the molecule is CC(C)(O)C1CN(c2ccc(Nc3ccc(Cl)c4c3C(=O)N(C(=O)O)C4)nc2)CCO1. The summed E-state index contributed by atoms with van der Waals surface area (Å²) in [5.74, 6) is -0.114. The van der Waals surface area contributed by atoms with E-state index in [1.54, 1.807) is 38.2 Å². The number of imide groups is 1. The molecule has 0 radical (unpaired) electrons. The molecule has 2 aliphatic heterocycles. The molecule has 1 atom stereocenters. The molecular formula is C21H23ClN4O5. The first kappa shape index (κ1) is 21.4. The molecule has 0 spiro atoms. The average Bonchev–Trinajstić information content (AvgIpc) is 3.09. The molecule has 1 aromatic heterocycles.